The second-order valence-corrected chi connectivity index (χ2v) is 2.17. The molecule has 5 heteroatoms. The number of nitrogen functional groups attached to an aromatic ring is 1. The Morgan fingerprint density at radius 1 is 1.55 bits per heavy atom. The smallest absolute Gasteiger partial charge is 0.173 e. The molecule has 0 bridgehead atoms. The molecule has 0 fully saturated rings. The van der Waals surface area contributed by atoms with Gasteiger partial charge in [0.2, 0.25) is 0 Å². The summed E-state index contributed by atoms with van der Waals surface area (Å²) in [6, 6.07) is 3.61. The van der Waals surface area contributed by atoms with E-state index in [1.807, 2.05) is 6.07 Å². The van der Waals surface area contributed by atoms with Crippen molar-refractivity contribution in [2.45, 2.75) is 0 Å². The van der Waals surface area contributed by atoms with Crippen LogP contribution in [0.3, 0.4) is 0 Å². The quantitative estimate of drug-likeness (QED) is 0.614. The Morgan fingerprint density at radius 3 is 3.09 bits per heavy atom. The number of rotatable bonds is 1. The van der Waals surface area contributed by atoms with Crippen molar-refractivity contribution in [3.63, 3.8) is 0 Å². The van der Waals surface area contributed by atoms with Crippen LogP contribution in [0.15, 0.2) is 18.5 Å². The molecule has 2 rings (SSSR count). The molecule has 2 N–H and O–H groups in total. The van der Waals surface area contributed by atoms with E-state index < -0.39 is 0 Å². The second-order valence-electron chi connectivity index (χ2n) is 2.17. The Bertz CT molecular complexity index is 375. The number of hydrogen-bond acceptors (Lipinski definition) is 3. The van der Waals surface area contributed by atoms with E-state index in [1.165, 1.54) is 4.73 Å². The summed E-state index contributed by atoms with van der Waals surface area (Å²) in [5, 5.41) is 3.98. The van der Waals surface area contributed by atoms with Crippen molar-refractivity contribution in [3.8, 4) is 0 Å². The van der Waals surface area contributed by atoms with Crippen molar-refractivity contribution in [3.05, 3.63) is 18.5 Å². The Morgan fingerprint density at radius 2 is 2.36 bits per heavy atom. The van der Waals surface area contributed by atoms with Gasteiger partial charge in [0.25, 0.3) is 0 Å². The van der Waals surface area contributed by atoms with E-state index in [4.69, 9.17) is 10.6 Å². The Hall–Kier alpha value is -1.65. The highest BCUT2D eigenvalue weighted by Crippen LogP contribution is 2.08. The zero-order valence-corrected chi connectivity index (χ0v) is 6.06. The monoisotopic (exact) mass is 152 g/mol. The SMILES string of the molecule is COn1cnn2c(N)ccc12. The van der Waals surface area contributed by atoms with Crippen LogP contribution < -0.4 is 10.6 Å². The highest BCUT2D eigenvalue weighted by atomic mass is 16.6. The van der Waals surface area contributed by atoms with Crippen molar-refractivity contribution >= 4 is 11.5 Å². The minimum atomic E-state index is 0.607. The van der Waals surface area contributed by atoms with Crippen LogP contribution in [0.2, 0.25) is 0 Å². The highest BCUT2D eigenvalue weighted by Gasteiger charge is 2.03. The molecular formula is C6H8N4O. The minimum absolute atomic E-state index is 0.607. The van der Waals surface area contributed by atoms with Crippen LogP contribution in [0.25, 0.3) is 5.65 Å². The highest BCUT2D eigenvalue weighted by molar-refractivity contribution is 5.49. The fourth-order valence-electron chi connectivity index (χ4n) is 1.02. The molecule has 2 heterocycles. The summed E-state index contributed by atoms with van der Waals surface area (Å²) in [4.78, 5) is 4.96. The molecule has 0 aliphatic rings. The fraction of sp³-hybridized carbons (Fsp3) is 0.167. The van der Waals surface area contributed by atoms with Crippen molar-refractivity contribution in [2.24, 2.45) is 0 Å². The number of aromatic nitrogens is 3. The summed E-state index contributed by atoms with van der Waals surface area (Å²) in [5.74, 6) is 0.607. The van der Waals surface area contributed by atoms with Gasteiger partial charge >= 0.3 is 0 Å². The van der Waals surface area contributed by atoms with Crippen LogP contribution in [0.1, 0.15) is 0 Å². The molecule has 0 aromatic carbocycles. The molecule has 0 aliphatic carbocycles. The molecule has 2 aromatic rings. The number of nitrogens with two attached hydrogens (primary N) is 1. The maximum atomic E-state index is 5.58. The first-order valence-corrected chi connectivity index (χ1v) is 3.18. The van der Waals surface area contributed by atoms with Crippen LogP contribution in [0.5, 0.6) is 0 Å². The first-order chi connectivity index (χ1) is 5.33. The molecule has 0 unspecified atom stereocenters. The van der Waals surface area contributed by atoms with Gasteiger partial charge in [-0.15, -0.1) is 0 Å². The third kappa shape index (κ3) is 0.674. The van der Waals surface area contributed by atoms with Crippen molar-refractivity contribution in [1.82, 2.24) is 14.3 Å². The summed E-state index contributed by atoms with van der Waals surface area (Å²) in [7, 11) is 1.57. The van der Waals surface area contributed by atoms with Gasteiger partial charge in [0.05, 0.1) is 0 Å². The number of anilines is 1. The van der Waals surface area contributed by atoms with Crippen LogP contribution in [0, 0.1) is 0 Å². The summed E-state index contributed by atoms with van der Waals surface area (Å²) < 4.78 is 3.14. The summed E-state index contributed by atoms with van der Waals surface area (Å²) in [5.41, 5.74) is 6.40. The summed E-state index contributed by atoms with van der Waals surface area (Å²) >= 11 is 0. The molecule has 0 saturated heterocycles. The van der Waals surface area contributed by atoms with E-state index in [0.717, 1.165) is 5.65 Å². The van der Waals surface area contributed by atoms with Crippen molar-refractivity contribution in [2.75, 3.05) is 12.8 Å². The van der Waals surface area contributed by atoms with Gasteiger partial charge in [-0.25, -0.2) is 0 Å². The zero-order chi connectivity index (χ0) is 7.84. The molecule has 58 valence electrons. The molecule has 0 aliphatic heterocycles. The minimum Gasteiger partial charge on any atom is -0.414 e. The molecule has 11 heavy (non-hydrogen) atoms. The standard InChI is InChI=1S/C6H8N4O/c1-11-9-4-8-10-5(7)2-3-6(9)10/h2-4H,7H2,1H3. The largest absolute Gasteiger partial charge is 0.414 e. The van der Waals surface area contributed by atoms with Crippen LogP contribution in [0.4, 0.5) is 5.82 Å². The van der Waals surface area contributed by atoms with Gasteiger partial charge < -0.3 is 10.6 Å². The van der Waals surface area contributed by atoms with E-state index in [-0.39, 0.29) is 0 Å². The molecule has 0 spiro atoms. The molecule has 0 saturated carbocycles. The first-order valence-electron chi connectivity index (χ1n) is 3.18. The molecule has 2 aromatic heterocycles. The van der Waals surface area contributed by atoms with Crippen molar-refractivity contribution in [1.29, 1.82) is 0 Å². The van der Waals surface area contributed by atoms with Crippen LogP contribution in [-0.2, 0) is 0 Å². The summed E-state index contributed by atoms with van der Waals surface area (Å²) in [6.45, 7) is 0. The molecule has 0 atom stereocenters. The number of fused-ring (bicyclic) bond motifs is 1. The zero-order valence-electron chi connectivity index (χ0n) is 6.06. The van der Waals surface area contributed by atoms with Crippen LogP contribution >= 0.6 is 0 Å². The Labute approximate surface area is 62.9 Å². The third-order valence-electron chi connectivity index (χ3n) is 1.56. The van der Waals surface area contributed by atoms with Gasteiger partial charge in [-0.2, -0.15) is 14.3 Å². The van der Waals surface area contributed by atoms with Crippen LogP contribution in [-0.4, -0.2) is 21.5 Å². The van der Waals surface area contributed by atoms with E-state index in [2.05, 4.69) is 5.10 Å². The molecule has 0 radical (unpaired) electrons. The van der Waals surface area contributed by atoms with E-state index in [0.29, 0.717) is 5.82 Å². The average Bonchev–Trinajstić information content (AvgIpc) is 2.53. The third-order valence-corrected chi connectivity index (χ3v) is 1.56. The summed E-state index contributed by atoms with van der Waals surface area (Å²) in [6.07, 6.45) is 1.56. The number of nitrogens with zero attached hydrogens (tertiary/aromatic N) is 3. The topological polar surface area (TPSA) is 57.5 Å². The van der Waals surface area contributed by atoms with Crippen molar-refractivity contribution < 1.29 is 4.84 Å². The maximum Gasteiger partial charge on any atom is 0.173 e. The predicted molar refractivity (Wildman–Crippen MR) is 40.1 cm³/mol. The fourth-order valence-corrected chi connectivity index (χ4v) is 1.02. The Kier molecular flexibility index (Phi) is 1.06. The number of hydrogen-bond donors (Lipinski definition) is 1. The normalized spacial score (nSPS) is 10.6. The van der Waals surface area contributed by atoms with E-state index in [9.17, 15) is 0 Å². The molecular weight excluding hydrogens is 144 g/mol. The average molecular weight is 152 g/mol. The predicted octanol–water partition coefficient (Wildman–Crippen LogP) is -0.224. The molecule has 0 amide bonds. The maximum absolute atomic E-state index is 5.58. The van der Waals surface area contributed by atoms with E-state index >= 15 is 0 Å². The van der Waals surface area contributed by atoms with Gasteiger partial charge in [-0.1, -0.05) is 0 Å². The molecule has 5 nitrogen and oxygen atoms in total. The Balaban J connectivity index is 2.77. The van der Waals surface area contributed by atoms with Gasteiger partial charge in [0, 0.05) is 0 Å². The van der Waals surface area contributed by atoms with Gasteiger partial charge in [0.15, 0.2) is 12.0 Å². The lowest BCUT2D eigenvalue weighted by molar-refractivity contribution is 0.177. The lowest BCUT2D eigenvalue weighted by atomic mass is 10.6. The van der Waals surface area contributed by atoms with E-state index in [1.54, 1.807) is 24.0 Å². The second kappa shape index (κ2) is 1.91. The lowest BCUT2D eigenvalue weighted by Crippen LogP contribution is -2.02. The van der Waals surface area contributed by atoms with Gasteiger partial charge in [-0.05, 0) is 12.1 Å². The first kappa shape index (κ1) is 6.09. The van der Waals surface area contributed by atoms with Gasteiger partial charge in [0.1, 0.15) is 12.9 Å². The lowest BCUT2D eigenvalue weighted by Gasteiger charge is -1.95. The van der Waals surface area contributed by atoms with Gasteiger partial charge in [-0.3, -0.25) is 0 Å².